The number of phenolic OH excluding ortho intramolecular Hbond substituents is 1. The normalized spacial score (nSPS) is 10.0. The van der Waals surface area contributed by atoms with Crippen molar-refractivity contribution in [3.63, 3.8) is 0 Å². The van der Waals surface area contributed by atoms with Crippen LogP contribution in [-0.4, -0.2) is 11.7 Å². The molecule has 0 radical (unpaired) electrons. The van der Waals surface area contributed by atoms with Gasteiger partial charge in [-0.2, -0.15) is 0 Å². The SMILES string of the molecule is CCCOc1cc(CN)ccc1O. The number of hydrogen-bond acceptors (Lipinski definition) is 3. The quantitative estimate of drug-likeness (QED) is 0.742. The van der Waals surface area contributed by atoms with Crippen LogP contribution in [0.25, 0.3) is 0 Å². The van der Waals surface area contributed by atoms with E-state index in [0.717, 1.165) is 12.0 Å². The number of aromatic hydroxyl groups is 1. The summed E-state index contributed by atoms with van der Waals surface area (Å²) in [5.41, 5.74) is 6.42. The second kappa shape index (κ2) is 4.72. The Kier molecular flexibility index (Phi) is 3.58. The van der Waals surface area contributed by atoms with Crippen molar-refractivity contribution in [2.24, 2.45) is 5.73 Å². The van der Waals surface area contributed by atoms with Gasteiger partial charge in [-0.05, 0) is 24.1 Å². The second-order valence-corrected chi connectivity index (χ2v) is 2.85. The van der Waals surface area contributed by atoms with E-state index in [-0.39, 0.29) is 5.75 Å². The molecule has 1 rings (SSSR count). The average molecular weight is 181 g/mol. The summed E-state index contributed by atoms with van der Waals surface area (Å²) in [6, 6.07) is 5.16. The zero-order valence-corrected chi connectivity index (χ0v) is 7.79. The van der Waals surface area contributed by atoms with Gasteiger partial charge >= 0.3 is 0 Å². The summed E-state index contributed by atoms with van der Waals surface area (Å²) < 4.78 is 5.32. The molecule has 0 aliphatic rings. The van der Waals surface area contributed by atoms with Gasteiger partial charge in [0.1, 0.15) is 0 Å². The Morgan fingerprint density at radius 3 is 2.85 bits per heavy atom. The highest BCUT2D eigenvalue weighted by atomic mass is 16.5. The van der Waals surface area contributed by atoms with Crippen LogP contribution in [0, 0.1) is 0 Å². The minimum atomic E-state index is 0.172. The molecule has 3 heteroatoms. The standard InChI is InChI=1S/C10H15NO2/c1-2-5-13-10-6-8(7-11)3-4-9(10)12/h3-4,6,12H,2,5,7,11H2,1H3. The summed E-state index contributed by atoms with van der Waals surface area (Å²) in [5, 5.41) is 9.39. The van der Waals surface area contributed by atoms with Crippen LogP contribution in [0.3, 0.4) is 0 Å². The van der Waals surface area contributed by atoms with Gasteiger partial charge < -0.3 is 15.6 Å². The van der Waals surface area contributed by atoms with E-state index in [1.54, 1.807) is 18.2 Å². The Hall–Kier alpha value is -1.22. The van der Waals surface area contributed by atoms with Gasteiger partial charge in [-0.25, -0.2) is 0 Å². The molecular formula is C10H15NO2. The van der Waals surface area contributed by atoms with Crippen LogP contribution in [-0.2, 0) is 6.54 Å². The zero-order chi connectivity index (χ0) is 9.68. The maximum atomic E-state index is 9.39. The van der Waals surface area contributed by atoms with Crippen molar-refractivity contribution in [1.82, 2.24) is 0 Å². The van der Waals surface area contributed by atoms with Gasteiger partial charge in [0.15, 0.2) is 11.5 Å². The molecule has 1 aromatic rings. The monoisotopic (exact) mass is 181 g/mol. The zero-order valence-electron chi connectivity index (χ0n) is 7.79. The van der Waals surface area contributed by atoms with Crippen molar-refractivity contribution in [2.45, 2.75) is 19.9 Å². The average Bonchev–Trinajstić information content (AvgIpc) is 2.17. The van der Waals surface area contributed by atoms with Crippen LogP contribution in [0.5, 0.6) is 11.5 Å². The molecule has 0 aromatic heterocycles. The first-order valence-electron chi connectivity index (χ1n) is 4.42. The Bertz CT molecular complexity index is 274. The molecule has 0 saturated carbocycles. The predicted molar refractivity (Wildman–Crippen MR) is 51.8 cm³/mol. The highest BCUT2D eigenvalue weighted by molar-refractivity contribution is 5.41. The molecule has 0 bridgehead atoms. The molecule has 0 amide bonds. The predicted octanol–water partition coefficient (Wildman–Crippen LogP) is 1.64. The number of nitrogens with two attached hydrogens (primary N) is 1. The molecular weight excluding hydrogens is 166 g/mol. The fourth-order valence-electron chi connectivity index (χ4n) is 1.01. The Labute approximate surface area is 78.1 Å². The fourth-order valence-corrected chi connectivity index (χ4v) is 1.01. The van der Waals surface area contributed by atoms with Crippen molar-refractivity contribution in [2.75, 3.05) is 6.61 Å². The topological polar surface area (TPSA) is 55.5 Å². The Morgan fingerprint density at radius 1 is 1.46 bits per heavy atom. The van der Waals surface area contributed by atoms with Crippen LogP contribution < -0.4 is 10.5 Å². The number of rotatable bonds is 4. The maximum Gasteiger partial charge on any atom is 0.161 e. The van der Waals surface area contributed by atoms with E-state index in [2.05, 4.69) is 0 Å². The second-order valence-electron chi connectivity index (χ2n) is 2.85. The summed E-state index contributed by atoms with van der Waals surface area (Å²) >= 11 is 0. The molecule has 0 aliphatic heterocycles. The molecule has 0 unspecified atom stereocenters. The van der Waals surface area contributed by atoms with Crippen molar-refractivity contribution in [3.05, 3.63) is 23.8 Å². The van der Waals surface area contributed by atoms with Crippen LogP contribution >= 0.6 is 0 Å². The number of ether oxygens (including phenoxy) is 1. The molecule has 72 valence electrons. The molecule has 3 nitrogen and oxygen atoms in total. The van der Waals surface area contributed by atoms with E-state index in [4.69, 9.17) is 10.5 Å². The van der Waals surface area contributed by atoms with Crippen molar-refractivity contribution < 1.29 is 9.84 Å². The lowest BCUT2D eigenvalue weighted by Crippen LogP contribution is -1.99. The lowest BCUT2D eigenvalue weighted by Gasteiger charge is -2.07. The van der Waals surface area contributed by atoms with Crippen molar-refractivity contribution in [3.8, 4) is 11.5 Å². The first-order chi connectivity index (χ1) is 6.27. The largest absolute Gasteiger partial charge is 0.504 e. The summed E-state index contributed by atoms with van der Waals surface area (Å²) in [6.45, 7) is 3.09. The highest BCUT2D eigenvalue weighted by Gasteiger charge is 2.02. The van der Waals surface area contributed by atoms with E-state index in [0.29, 0.717) is 18.9 Å². The molecule has 0 fully saturated rings. The van der Waals surface area contributed by atoms with Crippen molar-refractivity contribution >= 4 is 0 Å². The van der Waals surface area contributed by atoms with Crippen LogP contribution in [0.4, 0.5) is 0 Å². The van der Waals surface area contributed by atoms with Gasteiger partial charge in [-0.3, -0.25) is 0 Å². The molecule has 0 saturated heterocycles. The summed E-state index contributed by atoms with van der Waals surface area (Å²) in [7, 11) is 0. The van der Waals surface area contributed by atoms with E-state index < -0.39 is 0 Å². The Balaban J connectivity index is 2.78. The molecule has 3 N–H and O–H groups in total. The summed E-state index contributed by atoms with van der Waals surface area (Å²) in [4.78, 5) is 0. The van der Waals surface area contributed by atoms with Gasteiger partial charge in [0, 0.05) is 6.54 Å². The van der Waals surface area contributed by atoms with Gasteiger partial charge in [-0.15, -0.1) is 0 Å². The van der Waals surface area contributed by atoms with Crippen molar-refractivity contribution in [1.29, 1.82) is 0 Å². The number of benzene rings is 1. The summed E-state index contributed by atoms with van der Waals surface area (Å²) in [5.74, 6) is 0.690. The highest BCUT2D eigenvalue weighted by Crippen LogP contribution is 2.26. The van der Waals surface area contributed by atoms with Crippen LogP contribution in [0.1, 0.15) is 18.9 Å². The van der Waals surface area contributed by atoms with E-state index in [9.17, 15) is 5.11 Å². The van der Waals surface area contributed by atoms with Crippen LogP contribution in [0.15, 0.2) is 18.2 Å². The minimum absolute atomic E-state index is 0.172. The first kappa shape index (κ1) is 9.86. The van der Waals surface area contributed by atoms with Gasteiger partial charge in [0.25, 0.3) is 0 Å². The Morgan fingerprint density at radius 2 is 2.23 bits per heavy atom. The van der Waals surface area contributed by atoms with E-state index in [1.807, 2.05) is 6.92 Å². The lowest BCUT2D eigenvalue weighted by atomic mass is 10.2. The molecule has 0 aliphatic carbocycles. The third-order valence-electron chi connectivity index (χ3n) is 1.72. The molecule has 0 heterocycles. The molecule has 1 aromatic carbocycles. The third kappa shape index (κ3) is 2.63. The van der Waals surface area contributed by atoms with Gasteiger partial charge in [-0.1, -0.05) is 13.0 Å². The summed E-state index contributed by atoms with van der Waals surface area (Å²) in [6.07, 6.45) is 0.923. The van der Waals surface area contributed by atoms with Gasteiger partial charge in [0.05, 0.1) is 6.61 Å². The first-order valence-corrected chi connectivity index (χ1v) is 4.42. The molecule has 13 heavy (non-hydrogen) atoms. The minimum Gasteiger partial charge on any atom is -0.504 e. The van der Waals surface area contributed by atoms with Gasteiger partial charge in [0.2, 0.25) is 0 Å². The van der Waals surface area contributed by atoms with E-state index >= 15 is 0 Å². The fraction of sp³-hybridized carbons (Fsp3) is 0.400. The molecule has 0 spiro atoms. The number of phenols is 1. The van der Waals surface area contributed by atoms with Crippen LogP contribution in [0.2, 0.25) is 0 Å². The smallest absolute Gasteiger partial charge is 0.161 e. The lowest BCUT2D eigenvalue weighted by molar-refractivity contribution is 0.299. The number of hydrogen-bond donors (Lipinski definition) is 2. The van der Waals surface area contributed by atoms with E-state index in [1.165, 1.54) is 0 Å². The maximum absolute atomic E-state index is 9.39. The molecule has 0 atom stereocenters. The third-order valence-corrected chi connectivity index (χ3v) is 1.72.